The number of aromatic nitrogens is 1. The smallest absolute Gasteiger partial charge is 0.0821 e. The van der Waals surface area contributed by atoms with E-state index in [-0.39, 0.29) is 11.5 Å². The second-order valence-electron chi connectivity index (χ2n) is 6.52. The minimum atomic E-state index is -0.422. The van der Waals surface area contributed by atoms with E-state index in [0.717, 1.165) is 62.5 Å². The first-order chi connectivity index (χ1) is 10.1. The molecule has 2 atom stereocenters. The molecule has 116 valence electrons. The molecule has 4 nitrogen and oxygen atoms in total. The Bertz CT molecular complexity index is 471. The molecule has 2 aliphatic rings. The second-order valence-corrected chi connectivity index (χ2v) is 6.52. The van der Waals surface area contributed by atoms with Gasteiger partial charge in [0.25, 0.3) is 0 Å². The highest BCUT2D eigenvalue weighted by Crippen LogP contribution is 2.41. The maximum atomic E-state index is 10.8. The van der Waals surface area contributed by atoms with Gasteiger partial charge in [0.2, 0.25) is 0 Å². The summed E-state index contributed by atoms with van der Waals surface area (Å²) >= 11 is 0. The molecule has 0 radical (unpaired) electrons. The van der Waals surface area contributed by atoms with Crippen LogP contribution in [0.3, 0.4) is 0 Å². The molecule has 0 amide bonds. The Labute approximate surface area is 126 Å². The molecule has 21 heavy (non-hydrogen) atoms. The Morgan fingerprint density at radius 3 is 2.52 bits per heavy atom. The van der Waals surface area contributed by atoms with Crippen molar-refractivity contribution in [2.45, 2.75) is 51.2 Å². The van der Waals surface area contributed by atoms with Crippen molar-refractivity contribution in [1.29, 1.82) is 0 Å². The molecular weight excluding hydrogens is 266 g/mol. The molecule has 1 aromatic heterocycles. The quantitative estimate of drug-likeness (QED) is 0.910. The third-order valence-corrected chi connectivity index (χ3v) is 4.83. The van der Waals surface area contributed by atoms with Gasteiger partial charge < -0.3 is 14.6 Å². The van der Waals surface area contributed by atoms with E-state index in [1.807, 2.05) is 26.0 Å². The van der Waals surface area contributed by atoms with Gasteiger partial charge in [0, 0.05) is 31.2 Å². The summed E-state index contributed by atoms with van der Waals surface area (Å²) in [5.74, 6) is 0.262. The van der Waals surface area contributed by atoms with Crippen LogP contribution in [0.5, 0.6) is 0 Å². The number of hydrogen-bond acceptors (Lipinski definition) is 4. The number of nitrogens with zero attached hydrogens (tertiary/aromatic N) is 1. The van der Waals surface area contributed by atoms with Crippen molar-refractivity contribution in [2.75, 3.05) is 19.8 Å². The van der Waals surface area contributed by atoms with E-state index in [9.17, 15) is 5.11 Å². The number of hydrogen-bond donors (Lipinski definition) is 1. The first-order valence-electron chi connectivity index (χ1n) is 7.93. The van der Waals surface area contributed by atoms with Crippen molar-refractivity contribution in [3.63, 3.8) is 0 Å². The lowest BCUT2D eigenvalue weighted by Crippen LogP contribution is -2.45. The van der Waals surface area contributed by atoms with Crippen LogP contribution >= 0.6 is 0 Å². The molecule has 3 rings (SSSR count). The van der Waals surface area contributed by atoms with Gasteiger partial charge in [0.1, 0.15) is 0 Å². The van der Waals surface area contributed by atoms with Crippen LogP contribution < -0.4 is 0 Å². The van der Waals surface area contributed by atoms with Crippen molar-refractivity contribution >= 4 is 0 Å². The van der Waals surface area contributed by atoms with Crippen LogP contribution in [0.25, 0.3) is 0 Å². The zero-order valence-electron chi connectivity index (χ0n) is 13.0. The fraction of sp³-hybridized carbons (Fsp3) is 0.706. The van der Waals surface area contributed by atoms with E-state index in [0.29, 0.717) is 0 Å². The average molecular weight is 291 g/mol. The van der Waals surface area contributed by atoms with Gasteiger partial charge >= 0.3 is 0 Å². The fourth-order valence-electron chi connectivity index (χ4n) is 3.74. The van der Waals surface area contributed by atoms with Crippen LogP contribution in [0.2, 0.25) is 0 Å². The Hall–Kier alpha value is -0.970. The number of ether oxygens (including phenoxy) is 2. The van der Waals surface area contributed by atoms with Gasteiger partial charge in [-0.25, -0.2) is 0 Å². The van der Waals surface area contributed by atoms with Gasteiger partial charge in [0.05, 0.1) is 11.7 Å². The van der Waals surface area contributed by atoms with Crippen molar-refractivity contribution in [2.24, 2.45) is 5.92 Å². The largest absolute Gasteiger partial charge is 0.388 e. The molecule has 3 heterocycles. The minimum absolute atomic E-state index is 0.0702. The van der Waals surface area contributed by atoms with E-state index in [1.165, 1.54) is 0 Å². The van der Waals surface area contributed by atoms with E-state index >= 15 is 0 Å². The molecule has 2 fully saturated rings. The summed E-state index contributed by atoms with van der Waals surface area (Å²) in [5.41, 5.74) is 2.86. The molecule has 1 aromatic rings. The van der Waals surface area contributed by atoms with Gasteiger partial charge in [-0.3, -0.25) is 4.98 Å². The highest BCUT2D eigenvalue weighted by atomic mass is 16.5. The minimum Gasteiger partial charge on any atom is -0.388 e. The number of aryl methyl sites for hydroxylation is 2. The Kier molecular flexibility index (Phi) is 4.29. The lowest BCUT2D eigenvalue weighted by atomic mass is 9.77. The van der Waals surface area contributed by atoms with Gasteiger partial charge in [-0.05, 0) is 63.1 Å². The molecule has 2 unspecified atom stereocenters. The second kappa shape index (κ2) is 6.03. The maximum Gasteiger partial charge on any atom is 0.0821 e. The lowest BCUT2D eigenvalue weighted by Gasteiger charge is -2.44. The highest BCUT2D eigenvalue weighted by Gasteiger charge is 2.41. The predicted molar refractivity (Wildman–Crippen MR) is 80.1 cm³/mol. The van der Waals surface area contributed by atoms with Crippen molar-refractivity contribution in [1.82, 2.24) is 4.98 Å². The summed E-state index contributed by atoms with van der Waals surface area (Å²) < 4.78 is 11.5. The van der Waals surface area contributed by atoms with Crippen LogP contribution in [0.15, 0.2) is 12.1 Å². The predicted octanol–water partition coefficient (Wildman–Crippen LogP) is 2.71. The first kappa shape index (κ1) is 14.9. The lowest BCUT2D eigenvalue weighted by molar-refractivity contribution is -0.159. The zero-order valence-corrected chi connectivity index (χ0v) is 13.0. The monoisotopic (exact) mass is 291 g/mol. The normalized spacial score (nSPS) is 26.7. The van der Waals surface area contributed by atoms with Crippen molar-refractivity contribution in [3.05, 3.63) is 29.1 Å². The number of rotatable bonds is 2. The number of aliphatic hydroxyl groups excluding tert-OH is 1. The summed E-state index contributed by atoms with van der Waals surface area (Å²) in [5, 5.41) is 10.8. The van der Waals surface area contributed by atoms with Gasteiger partial charge in [-0.1, -0.05) is 0 Å². The molecule has 0 saturated carbocycles. The van der Waals surface area contributed by atoms with Crippen molar-refractivity contribution < 1.29 is 14.6 Å². The Morgan fingerprint density at radius 2 is 1.86 bits per heavy atom. The average Bonchev–Trinajstić information content (AvgIpc) is 2.46. The molecule has 1 N–H and O–H groups in total. The van der Waals surface area contributed by atoms with E-state index < -0.39 is 6.10 Å². The molecule has 0 aromatic carbocycles. The Morgan fingerprint density at radius 1 is 1.19 bits per heavy atom. The van der Waals surface area contributed by atoms with Crippen LogP contribution in [0, 0.1) is 19.8 Å². The van der Waals surface area contributed by atoms with Crippen LogP contribution in [-0.2, 0) is 9.47 Å². The first-order valence-corrected chi connectivity index (χ1v) is 7.93. The number of pyridine rings is 1. The number of aliphatic hydroxyl groups is 1. The molecule has 2 aliphatic heterocycles. The van der Waals surface area contributed by atoms with E-state index in [1.54, 1.807) is 0 Å². The molecule has 0 aliphatic carbocycles. The van der Waals surface area contributed by atoms with Gasteiger partial charge in [-0.15, -0.1) is 0 Å². The fourth-order valence-corrected chi connectivity index (χ4v) is 3.74. The highest BCUT2D eigenvalue weighted by molar-refractivity contribution is 5.23. The third-order valence-electron chi connectivity index (χ3n) is 4.83. The molecular formula is C17H25NO3. The summed E-state index contributed by atoms with van der Waals surface area (Å²) in [7, 11) is 0. The summed E-state index contributed by atoms with van der Waals surface area (Å²) in [4.78, 5) is 4.39. The zero-order chi connectivity index (χ0) is 14.9. The van der Waals surface area contributed by atoms with E-state index in [4.69, 9.17) is 9.47 Å². The molecule has 2 saturated heterocycles. The maximum absolute atomic E-state index is 10.8. The molecule has 0 bridgehead atoms. The van der Waals surface area contributed by atoms with Crippen molar-refractivity contribution in [3.8, 4) is 0 Å². The summed E-state index contributed by atoms with van der Waals surface area (Å²) in [6.45, 7) is 6.25. The molecule has 4 heteroatoms. The SMILES string of the molecule is Cc1cc(C(O)C2CCOC3(CCOCC3)C2)cc(C)n1. The van der Waals surface area contributed by atoms with Crippen LogP contribution in [-0.4, -0.2) is 35.5 Å². The third kappa shape index (κ3) is 3.28. The summed E-state index contributed by atoms with van der Waals surface area (Å²) in [6.07, 6.45) is 3.33. The topological polar surface area (TPSA) is 51.6 Å². The van der Waals surface area contributed by atoms with Gasteiger partial charge in [0.15, 0.2) is 0 Å². The Balaban J connectivity index is 1.76. The molecule has 1 spiro atoms. The van der Waals surface area contributed by atoms with E-state index in [2.05, 4.69) is 4.98 Å². The van der Waals surface area contributed by atoms with Crippen LogP contribution in [0.4, 0.5) is 0 Å². The standard InChI is InChI=1S/C17H25NO3/c1-12-9-15(10-13(2)18-12)16(19)14-3-6-21-17(11-14)4-7-20-8-5-17/h9-10,14,16,19H,3-8,11H2,1-2H3. The summed E-state index contributed by atoms with van der Waals surface area (Å²) in [6, 6.07) is 4.01. The van der Waals surface area contributed by atoms with Gasteiger partial charge in [-0.2, -0.15) is 0 Å². The van der Waals surface area contributed by atoms with Crippen LogP contribution in [0.1, 0.15) is 48.7 Å².